The fourth-order valence-corrected chi connectivity index (χ4v) is 2.29. The molecule has 0 bridgehead atoms. The highest BCUT2D eigenvalue weighted by Crippen LogP contribution is 2.16. The van der Waals surface area contributed by atoms with Crippen molar-refractivity contribution in [3.63, 3.8) is 0 Å². The summed E-state index contributed by atoms with van der Waals surface area (Å²) in [5, 5.41) is 2.38. The van der Waals surface area contributed by atoms with Gasteiger partial charge in [0, 0.05) is 6.42 Å². The Labute approximate surface area is 143 Å². The van der Waals surface area contributed by atoms with Gasteiger partial charge in [-0.1, -0.05) is 18.2 Å². The standard InChI is InChI=1S/C18H17F2NO4/c1-24-12-6-3-5-11(9-12)10-15(18(23)25-2)21-17(22)13-7-4-8-14(19)16(13)20/h3-9,15H,10H2,1-2H3,(H,21,22)/t15-/m0/s1. The minimum Gasteiger partial charge on any atom is -0.497 e. The van der Waals surface area contributed by atoms with Crippen LogP contribution in [-0.2, 0) is 16.0 Å². The quantitative estimate of drug-likeness (QED) is 0.814. The lowest BCUT2D eigenvalue weighted by Crippen LogP contribution is -2.43. The first-order valence-electron chi connectivity index (χ1n) is 7.42. The van der Waals surface area contributed by atoms with Gasteiger partial charge in [-0.2, -0.15) is 0 Å². The van der Waals surface area contributed by atoms with Gasteiger partial charge in [0.2, 0.25) is 0 Å². The first-order chi connectivity index (χ1) is 12.0. The van der Waals surface area contributed by atoms with Gasteiger partial charge in [0.25, 0.3) is 5.91 Å². The molecule has 0 spiro atoms. The Hall–Kier alpha value is -2.96. The van der Waals surface area contributed by atoms with E-state index >= 15 is 0 Å². The molecule has 0 fully saturated rings. The van der Waals surface area contributed by atoms with E-state index in [4.69, 9.17) is 4.74 Å². The Kier molecular flexibility index (Phi) is 6.05. The number of hydrogen-bond donors (Lipinski definition) is 1. The van der Waals surface area contributed by atoms with Crippen molar-refractivity contribution in [2.75, 3.05) is 14.2 Å². The van der Waals surface area contributed by atoms with E-state index in [-0.39, 0.29) is 6.42 Å². The number of hydrogen-bond acceptors (Lipinski definition) is 4. The average molecular weight is 349 g/mol. The van der Waals surface area contributed by atoms with Gasteiger partial charge in [0.1, 0.15) is 11.8 Å². The van der Waals surface area contributed by atoms with Crippen LogP contribution < -0.4 is 10.1 Å². The molecule has 0 unspecified atom stereocenters. The summed E-state index contributed by atoms with van der Waals surface area (Å²) in [6.07, 6.45) is 0.104. The van der Waals surface area contributed by atoms with Crippen LogP contribution in [0.25, 0.3) is 0 Å². The largest absolute Gasteiger partial charge is 0.497 e. The Morgan fingerprint density at radius 2 is 1.84 bits per heavy atom. The van der Waals surface area contributed by atoms with E-state index in [0.29, 0.717) is 11.3 Å². The van der Waals surface area contributed by atoms with Crippen molar-refractivity contribution in [3.8, 4) is 5.75 Å². The van der Waals surface area contributed by atoms with Crippen molar-refractivity contribution in [3.05, 3.63) is 65.2 Å². The van der Waals surface area contributed by atoms with Gasteiger partial charge in [0.15, 0.2) is 11.6 Å². The van der Waals surface area contributed by atoms with Crippen molar-refractivity contribution in [1.82, 2.24) is 5.32 Å². The van der Waals surface area contributed by atoms with Gasteiger partial charge in [-0.05, 0) is 29.8 Å². The van der Waals surface area contributed by atoms with E-state index in [9.17, 15) is 18.4 Å². The van der Waals surface area contributed by atoms with Crippen LogP contribution in [0.1, 0.15) is 15.9 Å². The molecule has 5 nitrogen and oxygen atoms in total. The van der Waals surface area contributed by atoms with Crippen LogP contribution in [0.5, 0.6) is 5.75 Å². The Balaban J connectivity index is 2.21. The molecule has 7 heteroatoms. The van der Waals surface area contributed by atoms with E-state index in [2.05, 4.69) is 10.1 Å². The molecule has 1 atom stereocenters. The monoisotopic (exact) mass is 349 g/mol. The summed E-state index contributed by atoms with van der Waals surface area (Å²) in [6.45, 7) is 0. The van der Waals surface area contributed by atoms with Gasteiger partial charge in [-0.25, -0.2) is 13.6 Å². The van der Waals surface area contributed by atoms with Gasteiger partial charge < -0.3 is 14.8 Å². The Morgan fingerprint density at radius 1 is 1.12 bits per heavy atom. The molecule has 0 heterocycles. The zero-order valence-electron chi connectivity index (χ0n) is 13.7. The summed E-state index contributed by atoms with van der Waals surface area (Å²) >= 11 is 0. The lowest BCUT2D eigenvalue weighted by atomic mass is 10.0. The van der Waals surface area contributed by atoms with Crippen molar-refractivity contribution in [1.29, 1.82) is 0 Å². The topological polar surface area (TPSA) is 64.6 Å². The maximum absolute atomic E-state index is 13.7. The maximum Gasteiger partial charge on any atom is 0.328 e. The van der Waals surface area contributed by atoms with Gasteiger partial charge >= 0.3 is 5.97 Å². The van der Waals surface area contributed by atoms with Crippen molar-refractivity contribution in [2.45, 2.75) is 12.5 Å². The molecule has 0 aromatic heterocycles. The third-order valence-corrected chi connectivity index (χ3v) is 3.56. The zero-order chi connectivity index (χ0) is 18.4. The SMILES string of the molecule is COC(=O)[C@H](Cc1cccc(OC)c1)NC(=O)c1cccc(F)c1F. The summed E-state index contributed by atoms with van der Waals surface area (Å²) < 4.78 is 36.8. The van der Waals surface area contributed by atoms with E-state index in [1.807, 2.05) is 0 Å². The summed E-state index contributed by atoms with van der Waals surface area (Å²) in [7, 11) is 2.68. The van der Waals surface area contributed by atoms with Crippen LogP contribution in [0.2, 0.25) is 0 Å². The second kappa shape index (κ2) is 8.23. The van der Waals surface area contributed by atoms with Crippen LogP contribution in [-0.4, -0.2) is 32.1 Å². The third-order valence-electron chi connectivity index (χ3n) is 3.56. The number of carbonyl (C=O) groups excluding carboxylic acids is 2. The van der Waals surface area contributed by atoms with E-state index in [0.717, 1.165) is 12.1 Å². The highest BCUT2D eigenvalue weighted by atomic mass is 19.2. The van der Waals surface area contributed by atoms with Gasteiger partial charge in [-0.15, -0.1) is 0 Å². The number of esters is 1. The molecular weight excluding hydrogens is 332 g/mol. The van der Waals surface area contributed by atoms with Crippen LogP contribution in [0.3, 0.4) is 0 Å². The minimum atomic E-state index is -1.27. The molecular formula is C18H17F2NO4. The third kappa shape index (κ3) is 4.53. The molecule has 0 saturated carbocycles. The number of rotatable bonds is 6. The second-order valence-corrected chi connectivity index (χ2v) is 5.21. The number of benzene rings is 2. The predicted octanol–water partition coefficient (Wildman–Crippen LogP) is 2.49. The number of nitrogens with one attached hydrogen (secondary N) is 1. The van der Waals surface area contributed by atoms with Crippen LogP contribution in [0.15, 0.2) is 42.5 Å². The fraction of sp³-hybridized carbons (Fsp3) is 0.222. The first-order valence-corrected chi connectivity index (χ1v) is 7.42. The molecule has 1 N–H and O–H groups in total. The summed E-state index contributed by atoms with van der Waals surface area (Å²) in [5.74, 6) is -3.44. The second-order valence-electron chi connectivity index (χ2n) is 5.21. The van der Waals surface area contributed by atoms with Crippen molar-refractivity contribution in [2.24, 2.45) is 0 Å². The molecule has 25 heavy (non-hydrogen) atoms. The lowest BCUT2D eigenvalue weighted by Gasteiger charge is -2.17. The van der Waals surface area contributed by atoms with E-state index in [1.165, 1.54) is 20.3 Å². The molecule has 2 rings (SSSR count). The predicted molar refractivity (Wildman–Crippen MR) is 86.3 cm³/mol. The van der Waals surface area contributed by atoms with Gasteiger partial charge in [0.05, 0.1) is 19.8 Å². The van der Waals surface area contributed by atoms with E-state index < -0.39 is 35.1 Å². The van der Waals surface area contributed by atoms with Crippen LogP contribution in [0, 0.1) is 11.6 Å². The molecule has 0 radical (unpaired) electrons. The Morgan fingerprint density at radius 3 is 2.52 bits per heavy atom. The normalized spacial score (nSPS) is 11.5. The number of halogens is 2. The van der Waals surface area contributed by atoms with E-state index in [1.54, 1.807) is 24.3 Å². The lowest BCUT2D eigenvalue weighted by molar-refractivity contribution is -0.142. The summed E-state index contributed by atoms with van der Waals surface area (Å²) in [4.78, 5) is 24.2. The molecule has 0 aliphatic heterocycles. The van der Waals surface area contributed by atoms with Crippen LogP contribution in [0.4, 0.5) is 8.78 Å². The highest BCUT2D eigenvalue weighted by Gasteiger charge is 2.24. The zero-order valence-corrected chi connectivity index (χ0v) is 13.7. The molecule has 1 amide bonds. The minimum absolute atomic E-state index is 0.104. The smallest absolute Gasteiger partial charge is 0.328 e. The summed E-state index contributed by atoms with van der Waals surface area (Å²) in [5.41, 5.74) is 0.217. The summed E-state index contributed by atoms with van der Waals surface area (Å²) in [6, 6.07) is 9.09. The number of methoxy groups -OCH3 is 2. The van der Waals surface area contributed by atoms with Gasteiger partial charge in [-0.3, -0.25) is 4.79 Å². The average Bonchev–Trinajstić information content (AvgIpc) is 2.62. The first kappa shape index (κ1) is 18.4. The fourth-order valence-electron chi connectivity index (χ4n) is 2.29. The van der Waals surface area contributed by atoms with Crippen LogP contribution >= 0.6 is 0 Å². The van der Waals surface area contributed by atoms with Crippen molar-refractivity contribution >= 4 is 11.9 Å². The Bertz CT molecular complexity index is 779. The number of ether oxygens (including phenoxy) is 2. The molecule has 132 valence electrons. The number of amides is 1. The number of carbonyl (C=O) groups is 2. The molecule has 2 aromatic carbocycles. The molecule has 2 aromatic rings. The van der Waals surface area contributed by atoms with Crippen molar-refractivity contribution < 1.29 is 27.8 Å². The molecule has 0 aliphatic carbocycles. The highest BCUT2D eigenvalue weighted by molar-refractivity contribution is 5.97. The molecule has 0 saturated heterocycles. The molecule has 0 aliphatic rings. The maximum atomic E-state index is 13.7.